The Hall–Kier alpha value is -2.08. The highest BCUT2D eigenvalue weighted by Gasteiger charge is 2.16. The summed E-state index contributed by atoms with van der Waals surface area (Å²) in [4.78, 5) is 11.6. The van der Waals surface area contributed by atoms with Crippen LogP contribution >= 0.6 is 0 Å². The Morgan fingerprint density at radius 1 is 1.21 bits per heavy atom. The Morgan fingerprint density at radius 2 is 1.89 bits per heavy atom. The van der Waals surface area contributed by atoms with Gasteiger partial charge in [-0.1, -0.05) is 18.6 Å². The molecule has 1 fully saturated rings. The molecule has 0 heterocycles. The molecule has 1 aromatic rings. The van der Waals surface area contributed by atoms with Crippen LogP contribution in [0.2, 0.25) is 0 Å². The summed E-state index contributed by atoms with van der Waals surface area (Å²) in [5.41, 5.74) is 1.50. The van der Waals surface area contributed by atoms with Crippen molar-refractivity contribution in [2.75, 3.05) is 0 Å². The zero-order valence-corrected chi connectivity index (χ0v) is 10.8. The SMILES string of the molecule is N#Cc1ccc(/C=C/C(=O)OC2CCCCC2)cc1. The first-order chi connectivity index (χ1) is 9.28. The maximum atomic E-state index is 11.6. The third-order valence-corrected chi connectivity index (χ3v) is 3.29. The summed E-state index contributed by atoms with van der Waals surface area (Å²) in [5.74, 6) is -0.281. The number of benzene rings is 1. The summed E-state index contributed by atoms with van der Waals surface area (Å²) in [6.45, 7) is 0. The van der Waals surface area contributed by atoms with E-state index in [1.54, 1.807) is 18.2 Å². The highest BCUT2D eigenvalue weighted by molar-refractivity contribution is 5.87. The van der Waals surface area contributed by atoms with Crippen molar-refractivity contribution in [3.63, 3.8) is 0 Å². The number of nitrogens with zero attached hydrogens (tertiary/aromatic N) is 1. The van der Waals surface area contributed by atoms with Gasteiger partial charge >= 0.3 is 5.97 Å². The largest absolute Gasteiger partial charge is 0.459 e. The molecule has 19 heavy (non-hydrogen) atoms. The zero-order valence-electron chi connectivity index (χ0n) is 10.8. The summed E-state index contributed by atoms with van der Waals surface area (Å²) in [6.07, 6.45) is 8.77. The van der Waals surface area contributed by atoms with E-state index in [-0.39, 0.29) is 12.1 Å². The van der Waals surface area contributed by atoms with E-state index in [1.165, 1.54) is 12.5 Å². The number of nitriles is 1. The Labute approximate surface area is 113 Å². The van der Waals surface area contributed by atoms with Crippen molar-refractivity contribution < 1.29 is 9.53 Å². The summed E-state index contributed by atoms with van der Waals surface area (Å²) in [5, 5.41) is 8.69. The van der Waals surface area contributed by atoms with Crippen LogP contribution in [0.1, 0.15) is 43.2 Å². The molecule has 1 aliphatic rings. The molecular formula is C16H17NO2. The first-order valence-electron chi connectivity index (χ1n) is 6.67. The minimum absolute atomic E-state index is 0.0897. The Morgan fingerprint density at radius 3 is 2.53 bits per heavy atom. The molecule has 3 heteroatoms. The second kappa shape index (κ2) is 6.75. The van der Waals surface area contributed by atoms with E-state index >= 15 is 0 Å². The van der Waals surface area contributed by atoms with Crippen molar-refractivity contribution >= 4 is 12.0 Å². The Bertz CT molecular complexity index is 490. The van der Waals surface area contributed by atoms with Crippen molar-refractivity contribution in [1.29, 1.82) is 5.26 Å². The van der Waals surface area contributed by atoms with E-state index in [9.17, 15) is 4.79 Å². The van der Waals surface area contributed by atoms with Crippen molar-refractivity contribution in [2.45, 2.75) is 38.2 Å². The first kappa shape index (κ1) is 13.4. The van der Waals surface area contributed by atoms with Gasteiger partial charge < -0.3 is 4.74 Å². The van der Waals surface area contributed by atoms with Crippen LogP contribution in [0, 0.1) is 11.3 Å². The average Bonchev–Trinajstić information content (AvgIpc) is 2.47. The van der Waals surface area contributed by atoms with Gasteiger partial charge in [0, 0.05) is 6.08 Å². The summed E-state index contributed by atoms with van der Waals surface area (Å²) < 4.78 is 5.38. The molecule has 0 unspecified atom stereocenters. The van der Waals surface area contributed by atoms with Gasteiger partial charge in [-0.3, -0.25) is 0 Å². The van der Waals surface area contributed by atoms with E-state index in [0.29, 0.717) is 5.56 Å². The van der Waals surface area contributed by atoms with Gasteiger partial charge in [0.1, 0.15) is 6.10 Å². The van der Waals surface area contributed by atoms with E-state index in [4.69, 9.17) is 10.00 Å². The summed E-state index contributed by atoms with van der Waals surface area (Å²) >= 11 is 0. The second-order valence-electron chi connectivity index (χ2n) is 4.76. The molecule has 0 radical (unpaired) electrons. The molecule has 1 aliphatic carbocycles. The number of esters is 1. The van der Waals surface area contributed by atoms with E-state index in [1.807, 2.05) is 12.1 Å². The molecule has 0 bridgehead atoms. The molecule has 0 aliphatic heterocycles. The van der Waals surface area contributed by atoms with Crippen LogP contribution in [0.15, 0.2) is 30.3 Å². The molecule has 3 nitrogen and oxygen atoms in total. The maximum absolute atomic E-state index is 11.6. The number of ether oxygens (including phenoxy) is 1. The fourth-order valence-corrected chi connectivity index (χ4v) is 2.22. The smallest absolute Gasteiger partial charge is 0.331 e. The highest BCUT2D eigenvalue weighted by atomic mass is 16.5. The molecule has 0 aromatic heterocycles. The van der Waals surface area contributed by atoms with Gasteiger partial charge in [0.05, 0.1) is 11.6 Å². The molecular weight excluding hydrogens is 238 g/mol. The quantitative estimate of drug-likeness (QED) is 0.614. The summed E-state index contributed by atoms with van der Waals surface area (Å²) in [6, 6.07) is 9.13. The van der Waals surface area contributed by atoms with Crippen LogP contribution in [-0.4, -0.2) is 12.1 Å². The topological polar surface area (TPSA) is 50.1 Å². The highest BCUT2D eigenvalue weighted by Crippen LogP contribution is 2.20. The van der Waals surface area contributed by atoms with Gasteiger partial charge in [0.15, 0.2) is 0 Å². The molecule has 0 N–H and O–H groups in total. The lowest BCUT2D eigenvalue weighted by atomic mass is 9.98. The number of carbonyl (C=O) groups excluding carboxylic acids is 1. The van der Waals surface area contributed by atoms with Crippen molar-refractivity contribution in [3.05, 3.63) is 41.5 Å². The molecule has 1 aromatic carbocycles. The van der Waals surface area contributed by atoms with Gasteiger partial charge in [0.25, 0.3) is 0 Å². The third-order valence-electron chi connectivity index (χ3n) is 3.29. The van der Waals surface area contributed by atoms with E-state index in [0.717, 1.165) is 31.2 Å². The zero-order chi connectivity index (χ0) is 13.5. The predicted molar refractivity (Wildman–Crippen MR) is 73.2 cm³/mol. The van der Waals surface area contributed by atoms with Crippen LogP contribution in [0.3, 0.4) is 0 Å². The van der Waals surface area contributed by atoms with Crippen LogP contribution in [0.4, 0.5) is 0 Å². The monoisotopic (exact) mass is 255 g/mol. The van der Waals surface area contributed by atoms with Gasteiger partial charge in [-0.15, -0.1) is 0 Å². The lowest BCUT2D eigenvalue weighted by Gasteiger charge is -2.20. The lowest BCUT2D eigenvalue weighted by molar-refractivity contribution is -0.144. The molecule has 0 spiro atoms. The second-order valence-corrected chi connectivity index (χ2v) is 4.76. The van der Waals surface area contributed by atoms with Crippen LogP contribution in [0.25, 0.3) is 6.08 Å². The van der Waals surface area contributed by atoms with Crippen molar-refractivity contribution in [3.8, 4) is 6.07 Å². The number of carbonyl (C=O) groups is 1. The first-order valence-corrected chi connectivity index (χ1v) is 6.67. The predicted octanol–water partition coefficient (Wildman–Crippen LogP) is 3.45. The average molecular weight is 255 g/mol. The van der Waals surface area contributed by atoms with Gasteiger partial charge in [-0.05, 0) is 49.5 Å². The van der Waals surface area contributed by atoms with Gasteiger partial charge in [0.2, 0.25) is 0 Å². The minimum atomic E-state index is -0.281. The molecule has 2 rings (SSSR count). The maximum Gasteiger partial charge on any atom is 0.331 e. The Kier molecular flexibility index (Phi) is 4.74. The number of hydrogen-bond donors (Lipinski definition) is 0. The molecule has 1 saturated carbocycles. The standard InChI is InChI=1S/C16H17NO2/c17-12-14-8-6-13(7-9-14)10-11-16(18)19-15-4-2-1-3-5-15/h6-11,15H,1-5H2/b11-10+. The lowest BCUT2D eigenvalue weighted by Crippen LogP contribution is -2.19. The van der Waals surface area contributed by atoms with Gasteiger partial charge in [-0.25, -0.2) is 4.79 Å². The van der Waals surface area contributed by atoms with Crippen molar-refractivity contribution in [1.82, 2.24) is 0 Å². The van der Waals surface area contributed by atoms with Crippen LogP contribution in [0.5, 0.6) is 0 Å². The fourth-order valence-electron chi connectivity index (χ4n) is 2.22. The Balaban J connectivity index is 1.86. The summed E-state index contributed by atoms with van der Waals surface area (Å²) in [7, 11) is 0. The normalized spacial score (nSPS) is 16.2. The molecule has 0 saturated heterocycles. The van der Waals surface area contributed by atoms with E-state index in [2.05, 4.69) is 6.07 Å². The molecule has 98 valence electrons. The van der Waals surface area contributed by atoms with Crippen LogP contribution in [-0.2, 0) is 9.53 Å². The minimum Gasteiger partial charge on any atom is -0.459 e. The van der Waals surface area contributed by atoms with Crippen molar-refractivity contribution in [2.24, 2.45) is 0 Å². The van der Waals surface area contributed by atoms with E-state index < -0.39 is 0 Å². The molecule has 0 atom stereocenters. The van der Waals surface area contributed by atoms with Gasteiger partial charge in [-0.2, -0.15) is 5.26 Å². The number of rotatable bonds is 3. The third kappa shape index (κ3) is 4.26. The number of hydrogen-bond acceptors (Lipinski definition) is 3. The van der Waals surface area contributed by atoms with Crippen LogP contribution < -0.4 is 0 Å². The fraction of sp³-hybridized carbons (Fsp3) is 0.375. The molecule has 0 amide bonds.